The smallest absolute Gasteiger partial charge is 0.343 e. The van der Waals surface area contributed by atoms with Gasteiger partial charge in [-0.15, -0.1) is 0 Å². The number of aromatic nitrogens is 1. The highest BCUT2D eigenvalue weighted by Crippen LogP contribution is 2.27. The number of carbonyl (C=O) groups is 1. The molecule has 5 aromatic rings. The van der Waals surface area contributed by atoms with Crippen molar-refractivity contribution in [2.45, 2.75) is 0 Å². The highest BCUT2D eigenvalue weighted by molar-refractivity contribution is 5.91. The molecule has 0 unspecified atom stereocenters. The van der Waals surface area contributed by atoms with Crippen LogP contribution in [0.3, 0.4) is 0 Å². The van der Waals surface area contributed by atoms with Crippen molar-refractivity contribution in [1.82, 2.24) is 4.98 Å². The van der Waals surface area contributed by atoms with Crippen LogP contribution in [0.2, 0.25) is 0 Å². The molecule has 0 saturated carbocycles. The summed E-state index contributed by atoms with van der Waals surface area (Å²) >= 11 is 0. The van der Waals surface area contributed by atoms with Crippen molar-refractivity contribution in [3.63, 3.8) is 0 Å². The Hall–Kier alpha value is -4.91. The van der Waals surface area contributed by atoms with Crippen LogP contribution in [0.25, 0.3) is 22.3 Å². The first-order valence-electron chi connectivity index (χ1n) is 11.2. The van der Waals surface area contributed by atoms with Crippen LogP contribution in [-0.2, 0) is 0 Å². The third-order valence-electron chi connectivity index (χ3n) is 5.54. The van der Waals surface area contributed by atoms with E-state index in [-0.39, 0.29) is 0 Å². The molecular formula is C29H22N2O5. The van der Waals surface area contributed by atoms with Gasteiger partial charge in [-0.1, -0.05) is 0 Å². The topological polar surface area (TPSA) is 83.1 Å². The highest BCUT2D eigenvalue weighted by atomic mass is 16.5. The van der Waals surface area contributed by atoms with Crippen molar-refractivity contribution >= 4 is 22.6 Å². The van der Waals surface area contributed by atoms with Crippen LogP contribution in [0.15, 0.2) is 107 Å². The van der Waals surface area contributed by atoms with Gasteiger partial charge in [-0.3, -0.25) is 4.98 Å². The normalized spacial score (nSPS) is 11.3. The van der Waals surface area contributed by atoms with E-state index < -0.39 is 5.97 Å². The second-order valence-electron chi connectivity index (χ2n) is 7.82. The van der Waals surface area contributed by atoms with E-state index in [0.717, 1.165) is 22.7 Å². The van der Waals surface area contributed by atoms with Crippen molar-refractivity contribution < 1.29 is 23.4 Å². The quantitative estimate of drug-likeness (QED) is 0.221. The summed E-state index contributed by atoms with van der Waals surface area (Å²) in [5, 5.41) is 1.36. The van der Waals surface area contributed by atoms with Gasteiger partial charge in [0.1, 0.15) is 28.6 Å². The van der Waals surface area contributed by atoms with Crippen molar-refractivity contribution in [2.75, 3.05) is 14.2 Å². The fraction of sp³-hybridized carbons (Fsp3) is 0.0690. The van der Waals surface area contributed by atoms with E-state index in [2.05, 4.69) is 4.98 Å². The van der Waals surface area contributed by atoms with E-state index >= 15 is 0 Å². The minimum Gasteiger partial charge on any atom is -0.497 e. The molecule has 2 heterocycles. The van der Waals surface area contributed by atoms with E-state index in [0.29, 0.717) is 33.4 Å². The lowest BCUT2D eigenvalue weighted by molar-refractivity contribution is 0.0735. The molecule has 0 aliphatic carbocycles. The van der Waals surface area contributed by atoms with Gasteiger partial charge >= 0.3 is 5.97 Å². The van der Waals surface area contributed by atoms with Gasteiger partial charge in [0.05, 0.1) is 30.8 Å². The molecular weight excluding hydrogens is 456 g/mol. The Labute approximate surface area is 207 Å². The van der Waals surface area contributed by atoms with E-state index in [9.17, 15) is 4.79 Å². The number of rotatable bonds is 6. The standard InChI is InChI=1S/C29H22N2O5/c1-33-22-7-3-19(4-8-22)28-18-26(31-21-5-9-23(34-2)10-6-21)25-17-24(11-12-27(25)36-28)35-29(32)20-13-15-30-16-14-20/h3-18H,1-2H3. The average Bonchev–Trinajstić information content (AvgIpc) is 2.94. The molecule has 0 fully saturated rings. The van der Waals surface area contributed by atoms with Crippen molar-refractivity contribution in [3.8, 4) is 28.6 Å². The van der Waals surface area contributed by atoms with Crippen LogP contribution < -0.4 is 19.6 Å². The molecule has 7 heteroatoms. The first-order chi connectivity index (χ1) is 17.6. The molecule has 0 bridgehead atoms. The van der Waals surface area contributed by atoms with Crippen LogP contribution in [0, 0.1) is 0 Å². The first-order valence-corrected chi connectivity index (χ1v) is 11.2. The van der Waals surface area contributed by atoms with Gasteiger partial charge in [-0.25, -0.2) is 9.79 Å². The van der Waals surface area contributed by atoms with E-state index in [1.807, 2.05) is 54.6 Å². The van der Waals surface area contributed by atoms with Gasteiger partial charge in [-0.05, 0) is 78.9 Å². The number of benzene rings is 3. The fourth-order valence-corrected chi connectivity index (χ4v) is 3.65. The molecule has 0 aliphatic heterocycles. The lowest BCUT2D eigenvalue weighted by atomic mass is 10.1. The second-order valence-corrected chi connectivity index (χ2v) is 7.82. The van der Waals surface area contributed by atoms with Crippen LogP contribution in [0.1, 0.15) is 10.4 Å². The Balaban J connectivity index is 1.61. The monoisotopic (exact) mass is 478 g/mol. The summed E-state index contributed by atoms with van der Waals surface area (Å²) < 4.78 is 22.3. The van der Waals surface area contributed by atoms with Crippen molar-refractivity contribution in [1.29, 1.82) is 0 Å². The number of nitrogens with zero attached hydrogens (tertiary/aromatic N) is 2. The molecule has 0 radical (unpaired) electrons. The zero-order valence-electron chi connectivity index (χ0n) is 19.7. The van der Waals surface area contributed by atoms with Gasteiger partial charge in [0, 0.05) is 29.4 Å². The number of carbonyl (C=O) groups excluding carboxylic acids is 1. The molecule has 0 saturated heterocycles. The summed E-state index contributed by atoms with van der Waals surface area (Å²) in [5.74, 6) is 2.04. The molecule has 7 nitrogen and oxygen atoms in total. The molecule has 0 N–H and O–H groups in total. The zero-order valence-corrected chi connectivity index (χ0v) is 19.7. The van der Waals surface area contributed by atoms with Crippen LogP contribution in [-0.4, -0.2) is 25.2 Å². The predicted octanol–water partition coefficient (Wildman–Crippen LogP) is 5.96. The Morgan fingerprint density at radius 1 is 0.778 bits per heavy atom. The SMILES string of the molecule is COc1ccc(N=c2cc(-c3ccc(OC)cc3)oc3ccc(OC(=O)c4ccncc4)cc23)cc1. The molecule has 2 aromatic heterocycles. The summed E-state index contributed by atoms with van der Waals surface area (Å²) in [5.41, 5.74) is 2.62. The van der Waals surface area contributed by atoms with E-state index in [1.165, 1.54) is 0 Å². The maximum Gasteiger partial charge on any atom is 0.343 e. The number of hydrogen-bond acceptors (Lipinski definition) is 7. The maximum absolute atomic E-state index is 12.6. The number of methoxy groups -OCH3 is 2. The highest BCUT2D eigenvalue weighted by Gasteiger charge is 2.12. The minimum atomic E-state index is -0.475. The first kappa shape index (κ1) is 22.9. The summed E-state index contributed by atoms with van der Waals surface area (Å²) in [4.78, 5) is 21.3. The van der Waals surface area contributed by atoms with Crippen LogP contribution in [0.4, 0.5) is 5.69 Å². The number of fused-ring (bicyclic) bond motifs is 1. The molecule has 0 aliphatic rings. The molecule has 5 rings (SSSR count). The number of pyridine rings is 1. The third-order valence-corrected chi connectivity index (χ3v) is 5.54. The predicted molar refractivity (Wildman–Crippen MR) is 136 cm³/mol. The molecule has 0 atom stereocenters. The molecule has 0 spiro atoms. The van der Waals surface area contributed by atoms with Crippen molar-refractivity contribution in [3.05, 3.63) is 108 Å². The summed E-state index contributed by atoms with van der Waals surface area (Å²) in [7, 11) is 3.24. The van der Waals surface area contributed by atoms with Gasteiger partial charge in [0.2, 0.25) is 0 Å². The van der Waals surface area contributed by atoms with Crippen LogP contribution >= 0.6 is 0 Å². The zero-order chi connectivity index (χ0) is 24.9. The summed E-state index contributed by atoms with van der Waals surface area (Å²) in [6, 6.07) is 25.3. The third kappa shape index (κ3) is 4.95. The minimum absolute atomic E-state index is 0.378. The summed E-state index contributed by atoms with van der Waals surface area (Å²) in [6.07, 6.45) is 3.09. The van der Waals surface area contributed by atoms with Crippen LogP contribution in [0.5, 0.6) is 17.2 Å². The van der Waals surface area contributed by atoms with E-state index in [1.54, 1.807) is 56.9 Å². The van der Waals surface area contributed by atoms with E-state index in [4.69, 9.17) is 23.6 Å². The summed E-state index contributed by atoms with van der Waals surface area (Å²) in [6.45, 7) is 0. The Bertz CT molecular complexity index is 1580. The lowest BCUT2D eigenvalue weighted by Gasteiger charge is -2.09. The molecule has 178 valence electrons. The van der Waals surface area contributed by atoms with Gasteiger partial charge in [-0.2, -0.15) is 0 Å². The largest absolute Gasteiger partial charge is 0.497 e. The van der Waals surface area contributed by atoms with Crippen molar-refractivity contribution in [2.24, 2.45) is 4.99 Å². The molecule has 0 amide bonds. The Kier molecular flexibility index (Phi) is 6.44. The molecule has 36 heavy (non-hydrogen) atoms. The van der Waals surface area contributed by atoms with Gasteiger partial charge in [0.25, 0.3) is 0 Å². The maximum atomic E-state index is 12.6. The second kappa shape index (κ2) is 10.1. The molecule has 3 aromatic carbocycles. The van der Waals surface area contributed by atoms with Gasteiger partial charge < -0.3 is 18.6 Å². The lowest BCUT2D eigenvalue weighted by Crippen LogP contribution is -2.09. The number of ether oxygens (including phenoxy) is 3. The number of esters is 1. The Morgan fingerprint density at radius 2 is 1.42 bits per heavy atom. The average molecular weight is 479 g/mol. The van der Waals surface area contributed by atoms with Gasteiger partial charge in [0.15, 0.2) is 0 Å². The fourth-order valence-electron chi connectivity index (χ4n) is 3.65. The number of hydrogen-bond donors (Lipinski definition) is 0. The Morgan fingerprint density at radius 3 is 2.08 bits per heavy atom.